The fraction of sp³-hybridized carbons (Fsp3) is 0.391. The van der Waals surface area contributed by atoms with E-state index in [1.165, 1.54) is 17.9 Å². The molecule has 144 valence electrons. The molecule has 0 atom stereocenters. The van der Waals surface area contributed by atoms with Crippen molar-refractivity contribution in [3.05, 3.63) is 65.9 Å². The number of ether oxygens (including phenoxy) is 2. The van der Waals surface area contributed by atoms with Crippen LogP contribution in [0.3, 0.4) is 0 Å². The third kappa shape index (κ3) is 4.56. The zero-order valence-corrected chi connectivity index (χ0v) is 15.9. The molecular weight excluding hydrogens is 346 g/mol. The first-order chi connectivity index (χ1) is 13.1. The Morgan fingerprint density at radius 1 is 0.963 bits per heavy atom. The van der Waals surface area contributed by atoms with Gasteiger partial charge >= 0.3 is 0 Å². The van der Waals surface area contributed by atoms with Crippen molar-refractivity contribution in [3.8, 4) is 16.9 Å². The molecule has 1 aliphatic rings. The number of halogens is 2. The summed E-state index contributed by atoms with van der Waals surface area (Å²) in [6.45, 7) is 4.55. The molecule has 1 saturated carbocycles. The Hall–Kier alpha value is -2.20. The fourth-order valence-corrected chi connectivity index (χ4v) is 3.72. The van der Waals surface area contributed by atoms with Gasteiger partial charge in [-0.3, -0.25) is 0 Å². The minimum atomic E-state index is -0.969. The second kappa shape index (κ2) is 9.14. The highest BCUT2D eigenvalue weighted by atomic mass is 19.2. The van der Waals surface area contributed by atoms with Gasteiger partial charge in [0.1, 0.15) is 0 Å². The Morgan fingerprint density at radius 2 is 1.67 bits per heavy atom. The van der Waals surface area contributed by atoms with E-state index in [-0.39, 0.29) is 11.3 Å². The van der Waals surface area contributed by atoms with Crippen LogP contribution in [0.1, 0.15) is 51.0 Å². The molecule has 0 aliphatic heterocycles. The lowest BCUT2D eigenvalue weighted by Gasteiger charge is -2.28. The Labute approximate surface area is 159 Å². The SMILES string of the molecule is CC=COc1ccc(-c2ccc(C3CCC(OCC)CC3)cc2)c(F)c1F. The first kappa shape index (κ1) is 19.6. The molecule has 1 aliphatic carbocycles. The fourth-order valence-electron chi connectivity index (χ4n) is 3.72. The van der Waals surface area contributed by atoms with Crippen molar-refractivity contribution in [2.75, 3.05) is 6.61 Å². The molecule has 1 fully saturated rings. The molecule has 0 radical (unpaired) electrons. The van der Waals surface area contributed by atoms with E-state index in [2.05, 4.69) is 0 Å². The van der Waals surface area contributed by atoms with Crippen molar-refractivity contribution in [1.29, 1.82) is 0 Å². The molecule has 0 aromatic heterocycles. The van der Waals surface area contributed by atoms with Gasteiger partial charge in [-0.15, -0.1) is 0 Å². The first-order valence-corrected chi connectivity index (χ1v) is 9.61. The maximum absolute atomic E-state index is 14.5. The summed E-state index contributed by atoms with van der Waals surface area (Å²) >= 11 is 0. The Morgan fingerprint density at radius 3 is 2.30 bits per heavy atom. The molecule has 0 heterocycles. The van der Waals surface area contributed by atoms with Crippen LogP contribution in [-0.2, 0) is 4.74 Å². The van der Waals surface area contributed by atoms with Gasteiger partial charge in [-0.1, -0.05) is 30.3 Å². The summed E-state index contributed by atoms with van der Waals surface area (Å²) in [4.78, 5) is 0. The van der Waals surface area contributed by atoms with Gasteiger partial charge in [0.15, 0.2) is 11.6 Å². The average molecular weight is 372 g/mol. The molecule has 0 unspecified atom stereocenters. The predicted octanol–water partition coefficient (Wildman–Crippen LogP) is 6.61. The molecule has 2 aromatic carbocycles. The maximum Gasteiger partial charge on any atom is 0.201 e. The molecule has 4 heteroatoms. The normalized spacial score (nSPS) is 20.1. The summed E-state index contributed by atoms with van der Waals surface area (Å²) in [5.74, 6) is -1.46. The van der Waals surface area contributed by atoms with E-state index in [1.807, 2.05) is 31.2 Å². The summed E-state index contributed by atoms with van der Waals surface area (Å²) in [5, 5.41) is 0. The third-order valence-electron chi connectivity index (χ3n) is 5.15. The lowest BCUT2D eigenvalue weighted by atomic mass is 9.82. The van der Waals surface area contributed by atoms with Gasteiger partial charge in [-0.05, 0) is 68.7 Å². The van der Waals surface area contributed by atoms with Gasteiger partial charge < -0.3 is 9.47 Å². The molecular formula is C23H26F2O2. The Balaban J connectivity index is 1.73. The van der Waals surface area contributed by atoms with E-state index < -0.39 is 11.6 Å². The number of hydrogen-bond donors (Lipinski definition) is 0. The number of benzene rings is 2. The van der Waals surface area contributed by atoms with Crippen LogP contribution < -0.4 is 4.74 Å². The Kier molecular flexibility index (Phi) is 6.62. The summed E-state index contributed by atoms with van der Waals surface area (Å²) < 4.78 is 39.4. The van der Waals surface area contributed by atoms with E-state index in [1.54, 1.807) is 19.1 Å². The molecule has 2 nitrogen and oxygen atoms in total. The molecule has 0 amide bonds. The average Bonchev–Trinajstić information content (AvgIpc) is 2.70. The highest BCUT2D eigenvalue weighted by molar-refractivity contribution is 5.65. The monoisotopic (exact) mass is 372 g/mol. The third-order valence-corrected chi connectivity index (χ3v) is 5.15. The van der Waals surface area contributed by atoms with Crippen LogP contribution >= 0.6 is 0 Å². The smallest absolute Gasteiger partial charge is 0.201 e. The lowest BCUT2D eigenvalue weighted by Crippen LogP contribution is -2.20. The minimum Gasteiger partial charge on any atom is -0.462 e. The topological polar surface area (TPSA) is 18.5 Å². The quantitative estimate of drug-likeness (QED) is 0.531. The van der Waals surface area contributed by atoms with Crippen molar-refractivity contribution in [2.45, 2.75) is 51.6 Å². The van der Waals surface area contributed by atoms with Crippen molar-refractivity contribution in [1.82, 2.24) is 0 Å². The summed E-state index contributed by atoms with van der Waals surface area (Å²) in [7, 11) is 0. The van der Waals surface area contributed by atoms with E-state index in [4.69, 9.17) is 9.47 Å². The van der Waals surface area contributed by atoms with E-state index >= 15 is 0 Å². The highest BCUT2D eigenvalue weighted by Crippen LogP contribution is 2.36. The van der Waals surface area contributed by atoms with Gasteiger partial charge in [0, 0.05) is 12.2 Å². The summed E-state index contributed by atoms with van der Waals surface area (Å²) in [5.41, 5.74) is 2.16. The highest BCUT2D eigenvalue weighted by Gasteiger charge is 2.23. The van der Waals surface area contributed by atoms with Crippen molar-refractivity contribution < 1.29 is 18.3 Å². The van der Waals surface area contributed by atoms with E-state index in [0.29, 0.717) is 17.6 Å². The van der Waals surface area contributed by atoms with Crippen LogP contribution in [0, 0.1) is 11.6 Å². The van der Waals surface area contributed by atoms with Crippen LogP contribution in [0.4, 0.5) is 8.78 Å². The molecule has 0 saturated heterocycles. The van der Waals surface area contributed by atoms with Gasteiger partial charge in [0.05, 0.1) is 12.4 Å². The van der Waals surface area contributed by atoms with Crippen molar-refractivity contribution in [2.24, 2.45) is 0 Å². The second-order valence-corrected chi connectivity index (χ2v) is 6.88. The van der Waals surface area contributed by atoms with E-state index in [0.717, 1.165) is 32.3 Å². The molecule has 0 N–H and O–H groups in total. The zero-order chi connectivity index (χ0) is 19.2. The van der Waals surface area contributed by atoms with E-state index in [9.17, 15) is 8.78 Å². The number of allylic oxidation sites excluding steroid dienone is 1. The standard InChI is InChI=1S/C23H26F2O2/c1-3-15-27-21-14-13-20(22(24)23(21)25)18-7-5-16(6-8-18)17-9-11-19(12-10-17)26-4-2/h3,5-8,13-15,17,19H,4,9-12H2,1-2H3. The van der Waals surface area contributed by atoms with Crippen LogP contribution in [0.5, 0.6) is 5.75 Å². The maximum atomic E-state index is 14.5. The molecule has 2 aromatic rings. The van der Waals surface area contributed by atoms with Crippen LogP contribution in [0.2, 0.25) is 0 Å². The summed E-state index contributed by atoms with van der Waals surface area (Å²) in [6, 6.07) is 10.8. The zero-order valence-electron chi connectivity index (χ0n) is 15.9. The number of hydrogen-bond acceptors (Lipinski definition) is 2. The van der Waals surface area contributed by atoms with Gasteiger partial charge in [0.2, 0.25) is 5.82 Å². The molecule has 27 heavy (non-hydrogen) atoms. The predicted molar refractivity (Wildman–Crippen MR) is 104 cm³/mol. The largest absolute Gasteiger partial charge is 0.462 e. The minimum absolute atomic E-state index is 0.114. The van der Waals surface area contributed by atoms with Crippen LogP contribution in [0.15, 0.2) is 48.7 Å². The summed E-state index contributed by atoms with van der Waals surface area (Å²) in [6.07, 6.45) is 7.68. The second-order valence-electron chi connectivity index (χ2n) is 6.88. The first-order valence-electron chi connectivity index (χ1n) is 9.61. The van der Waals surface area contributed by atoms with Crippen LogP contribution in [-0.4, -0.2) is 12.7 Å². The molecule has 0 bridgehead atoms. The Bertz CT molecular complexity index is 776. The van der Waals surface area contributed by atoms with Gasteiger partial charge in [-0.25, -0.2) is 4.39 Å². The lowest BCUT2D eigenvalue weighted by molar-refractivity contribution is 0.0328. The molecule has 3 rings (SSSR count). The van der Waals surface area contributed by atoms with Crippen LogP contribution in [0.25, 0.3) is 11.1 Å². The van der Waals surface area contributed by atoms with Crippen molar-refractivity contribution >= 4 is 0 Å². The number of rotatable bonds is 6. The molecule has 0 spiro atoms. The van der Waals surface area contributed by atoms with Gasteiger partial charge in [0.25, 0.3) is 0 Å². The van der Waals surface area contributed by atoms with Gasteiger partial charge in [-0.2, -0.15) is 4.39 Å². The van der Waals surface area contributed by atoms with Crippen molar-refractivity contribution in [3.63, 3.8) is 0 Å².